The highest BCUT2D eigenvalue weighted by Gasteiger charge is 2.07. The van der Waals surface area contributed by atoms with E-state index in [4.69, 9.17) is 10.6 Å². The Morgan fingerprint density at radius 2 is 2.47 bits per heavy atom. The molecule has 0 aliphatic heterocycles. The molecule has 0 saturated heterocycles. The van der Waals surface area contributed by atoms with E-state index in [1.165, 1.54) is 6.20 Å². The van der Waals surface area contributed by atoms with Gasteiger partial charge in [-0.3, -0.25) is 0 Å². The largest absolute Gasteiger partial charge is 0.477 e. The molecule has 1 heterocycles. The molecule has 17 heavy (non-hydrogen) atoms. The van der Waals surface area contributed by atoms with Crippen LogP contribution >= 0.6 is 0 Å². The van der Waals surface area contributed by atoms with Gasteiger partial charge in [0.05, 0.1) is 0 Å². The van der Waals surface area contributed by atoms with E-state index in [0.29, 0.717) is 18.5 Å². The molecule has 0 radical (unpaired) electrons. The molecule has 0 spiro atoms. The summed E-state index contributed by atoms with van der Waals surface area (Å²) in [6.45, 7) is 2.11. The maximum absolute atomic E-state index is 10.7. The quantitative estimate of drug-likeness (QED) is 0.365. The lowest BCUT2D eigenvalue weighted by atomic mass is 10.1. The van der Waals surface area contributed by atoms with Crippen LogP contribution in [0.15, 0.2) is 23.5 Å². The fraction of sp³-hybridized carbons (Fsp3) is 0.273. The van der Waals surface area contributed by atoms with Crippen molar-refractivity contribution in [1.29, 1.82) is 0 Å². The molecule has 0 amide bonds. The molecule has 0 aromatic carbocycles. The van der Waals surface area contributed by atoms with E-state index in [9.17, 15) is 4.79 Å². The van der Waals surface area contributed by atoms with Crippen LogP contribution in [0.3, 0.4) is 0 Å². The topological polar surface area (TPSA) is 99.0 Å². The van der Waals surface area contributed by atoms with Crippen molar-refractivity contribution >= 4 is 12.0 Å². The fourth-order valence-corrected chi connectivity index (χ4v) is 1.31. The van der Waals surface area contributed by atoms with Crippen molar-refractivity contribution in [2.75, 3.05) is 6.54 Å². The predicted molar refractivity (Wildman–Crippen MR) is 63.6 cm³/mol. The molecule has 1 rings (SSSR count). The second-order valence-electron chi connectivity index (χ2n) is 3.38. The zero-order valence-corrected chi connectivity index (χ0v) is 9.37. The summed E-state index contributed by atoms with van der Waals surface area (Å²) in [7, 11) is 0. The maximum atomic E-state index is 10.7. The van der Waals surface area contributed by atoms with Crippen molar-refractivity contribution in [1.82, 2.24) is 4.98 Å². The van der Waals surface area contributed by atoms with E-state index in [1.54, 1.807) is 13.0 Å². The van der Waals surface area contributed by atoms with Crippen molar-refractivity contribution in [3.05, 3.63) is 45.6 Å². The first-order valence-electron chi connectivity index (χ1n) is 5.02. The number of hydrogen-bond acceptors (Lipinski definition) is 3. The van der Waals surface area contributed by atoms with Crippen LogP contribution in [-0.2, 0) is 0 Å². The summed E-state index contributed by atoms with van der Waals surface area (Å²) in [5.41, 5.74) is 9.58. The van der Waals surface area contributed by atoms with Gasteiger partial charge in [0.15, 0.2) is 5.69 Å². The lowest BCUT2D eigenvalue weighted by Crippen LogP contribution is -2.03. The van der Waals surface area contributed by atoms with Gasteiger partial charge in [0.25, 0.3) is 0 Å². The minimum absolute atomic E-state index is 0.0660. The Kier molecular flexibility index (Phi) is 4.72. The van der Waals surface area contributed by atoms with Crippen molar-refractivity contribution in [2.24, 2.45) is 5.11 Å². The molecular weight excluding hydrogens is 220 g/mol. The van der Waals surface area contributed by atoms with Gasteiger partial charge >= 0.3 is 5.97 Å². The third-order valence-electron chi connectivity index (χ3n) is 2.07. The molecule has 0 fully saturated rings. The van der Waals surface area contributed by atoms with Crippen LogP contribution in [0.1, 0.15) is 28.0 Å². The molecule has 0 atom stereocenters. The number of carbonyl (C=O) groups is 1. The zero-order chi connectivity index (χ0) is 12.7. The Morgan fingerprint density at radius 3 is 3.06 bits per heavy atom. The van der Waals surface area contributed by atoms with Gasteiger partial charge in [-0.1, -0.05) is 17.3 Å². The average molecular weight is 232 g/mol. The van der Waals surface area contributed by atoms with E-state index in [-0.39, 0.29) is 5.69 Å². The standard InChI is InChI=1S/C11H12N4O2/c1-8-6-9(4-2-3-5-14-15-12)7-13-10(8)11(16)17/h2,4,6-7H,3,5H2,1H3,(H,16,17). The van der Waals surface area contributed by atoms with Crippen molar-refractivity contribution in [3.63, 3.8) is 0 Å². The Hall–Kier alpha value is -2.33. The van der Waals surface area contributed by atoms with Gasteiger partial charge in [-0.05, 0) is 36.1 Å². The summed E-state index contributed by atoms with van der Waals surface area (Å²) in [5, 5.41) is 12.2. The van der Waals surface area contributed by atoms with Crippen LogP contribution < -0.4 is 0 Å². The maximum Gasteiger partial charge on any atom is 0.354 e. The zero-order valence-electron chi connectivity index (χ0n) is 9.37. The molecule has 88 valence electrons. The summed E-state index contributed by atoms with van der Waals surface area (Å²) in [6.07, 6.45) is 5.81. The highest BCUT2D eigenvalue weighted by Crippen LogP contribution is 2.09. The number of aromatic nitrogens is 1. The Bertz CT molecular complexity index is 490. The number of nitrogens with zero attached hydrogens (tertiary/aromatic N) is 4. The first-order chi connectivity index (χ1) is 8.15. The highest BCUT2D eigenvalue weighted by atomic mass is 16.4. The summed E-state index contributed by atoms with van der Waals surface area (Å²) in [4.78, 5) is 17.2. The van der Waals surface area contributed by atoms with Crippen LogP contribution in [0.25, 0.3) is 16.5 Å². The lowest BCUT2D eigenvalue weighted by molar-refractivity contribution is 0.0689. The lowest BCUT2D eigenvalue weighted by Gasteiger charge is -2.00. The number of carboxylic acids is 1. The van der Waals surface area contributed by atoms with Crippen molar-refractivity contribution in [2.45, 2.75) is 13.3 Å². The predicted octanol–water partition coefficient (Wildman–Crippen LogP) is 2.80. The monoisotopic (exact) mass is 232 g/mol. The molecule has 1 N–H and O–H groups in total. The van der Waals surface area contributed by atoms with E-state index in [0.717, 1.165) is 5.56 Å². The van der Waals surface area contributed by atoms with Crippen LogP contribution in [0.5, 0.6) is 0 Å². The van der Waals surface area contributed by atoms with E-state index < -0.39 is 5.97 Å². The van der Waals surface area contributed by atoms with Gasteiger partial charge in [-0.15, -0.1) is 0 Å². The summed E-state index contributed by atoms with van der Waals surface area (Å²) >= 11 is 0. The molecule has 0 aliphatic rings. The number of pyridine rings is 1. The van der Waals surface area contributed by atoms with Crippen LogP contribution in [0, 0.1) is 6.92 Å². The summed E-state index contributed by atoms with van der Waals surface area (Å²) in [6, 6.07) is 1.75. The minimum Gasteiger partial charge on any atom is -0.477 e. The average Bonchev–Trinajstić information content (AvgIpc) is 2.28. The Morgan fingerprint density at radius 1 is 1.71 bits per heavy atom. The Labute approximate surface area is 98.2 Å². The van der Waals surface area contributed by atoms with Gasteiger partial charge in [0, 0.05) is 17.7 Å². The van der Waals surface area contributed by atoms with Gasteiger partial charge in [0.2, 0.25) is 0 Å². The number of rotatable bonds is 5. The molecule has 0 bridgehead atoms. The molecule has 0 unspecified atom stereocenters. The first kappa shape index (κ1) is 12.7. The number of hydrogen-bond donors (Lipinski definition) is 1. The fourth-order valence-electron chi connectivity index (χ4n) is 1.31. The minimum atomic E-state index is -1.03. The number of carboxylic acid groups (broad SMARTS) is 1. The summed E-state index contributed by atoms with van der Waals surface area (Å²) in [5.74, 6) is -1.03. The Balaban J connectivity index is 2.70. The van der Waals surface area contributed by atoms with E-state index in [2.05, 4.69) is 15.0 Å². The van der Waals surface area contributed by atoms with Crippen LogP contribution in [-0.4, -0.2) is 22.6 Å². The molecule has 0 saturated carbocycles. The van der Waals surface area contributed by atoms with E-state index >= 15 is 0 Å². The number of aromatic carboxylic acids is 1. The van der Waals surface area contributed by atoms with Crippen LogP contribution in [0.4, 0.5) is 0 Å². The van der Waals surface area contributed by atoms with Crippen molar-refractivity contribution < 1.29 is 9.90 Å². The smallest absolute Gasteiger partial charge is 0.354 e. The number of aryl methyl sites for hydroxylation is 1. The highest BCUT2D eigenvalue weighted by molar-refractivity contribution is 5.87. The third-order valence-corrected chi connectivity index (χ3v) is 2.07. The third kappa shape index (κ3) is 3.96. The van der Waals surface area contributed by atoms with Gasteiger partial charge in [-0.25, -0.2) is 9.78 Å². The second kappa shape index (κ2) is 6.30. The van der Waals surface area contributed by atoms with Gasteiger partial charge < -0.3 is 5.11 Å². The van der Waals surface area contributed by atoms with Gasteiger partial charge in [0.1, 0.15) is 0 Å². The van der Waals surface area contributed by atoms with Crippen LogP contribution in [0.2, 0.25) is 0 Å². The molecule has 6 nitrogen and oxygen atoms in total. The molecule has 1 aromatic rings. The SMILES string of the molecule is Cc1cc(C=CCCN=[N+]=[N-])cnc1C(=O)O. The second-order valence-corrected chi connectivity index (χ2v) is 3.38. The van der Waals surface area contributed by atoms with Gasteiger partial charge in [-0.2, -0.15) is 0 Å². The number of azide groups is 1. The molecular formula is C11H12N4O2. The molecule has 0 aliphatic carbocycles. The van der Waals surface area contributed by atoms with E-state index in [1.807, 2.05) is 12.2 Å². The summed E-state index contributed by atoms with van der Waals surface area (Å²) < 4.78 is 0. The molecule has 1 aromatic heterocycles. The first-order valence-corrected chi connectivity index (χ1v) is 5.02. The van der Waals surface area contributed by atoms with Crippen molar-refractivity contribution in [3.8, 4) is 0 Å². The molecule has 6 heteroatoms. The normalized spacial score (nSPS) is 10.2.